The number of ether oxygens (including phenoxy) is 1. The highest BCUT2D eigenvalue weighted by Gasteiger charge is 2.40. The number of nitrogens with one attached hydrogen (secondary N) is 1. The summed E-state index contributed by atoms with van der Waals surface area (Å²) in [5, 5.41) is 5.02. The van der Waals surface area contributed by atoms with Crippen molar-refractivity contribution in [3.05, 3.63) is 35.2 Å². The van der Waals surface area contributed by atoms with E-state index in [1.54, 1.807) is 6.20 Å². The van der Waals surface area contributed by atoms with Crippen LogP contribution in [0.15, 0.2) is 35.2 Å². The lowest BCUT2D eigenvalue weighted by Crippen LogP contribution is -2.64. The SMILES string of the molecule is CC1(N2CCN(c3cc4nc(NC(=CN)C(Cl)=NCC5CC5)ncc4cc3Cl)CC2)COC1. The van der Waals surface area contributed by atoms with Gasteiger partial charge in [0.1, 0.15) is 5.17 Å². The number of aliphatic imine (C=N–C) groups is 1. The molecule has 2 aromatic rings. The second-order valence-electron chi connectivity index (χ2n) is 9.30. The summed E-state index contributed by atoms with van der Waals surface area (Å²) in [6.45, 7) is 8.39. The van der Waals surface area contributed by atoms with Gasteiger partial charge in [-0.15, -0.1) is 0 Å². The lowest BCUT2D eigenvalue weighted by Gasteiger charge is -2.50. The van der Waals surface area contributed by atoms with Crippen molar-refractivity contribution < 1.29 is 4.74 Å². The fourth-order valence-corrected chi connectivity index (χ4v) is 4.76. The molecule has 0 atom stereocenters. The van der Waals surface area contributed by atoms with Crippen LogP contribution in [0.4, 0.5) is 11.6 Å². The minimum atomic E-state index is 0.171. The van der Waals surface area contributed by atoms with E-state index in [0.717, 1.165) is 62.5 Å². The van der Waals surface area contributed by atoms with Gasteiger partial charge in [-0.1, -0.05) is 23.2 Å². The second kappa shape index (κ2) is 9.25. The van der Waals surface area contributed by atoms with Crippen molar-refractivity contribution in [3.63, 3.8) is 0 Å². The number of benzene rings is 1. The molecule has 1 aromatic carbocycles. The fourth-order valence-electron chi connectivity index (χ4n) is 4.29. The molecule has 0 radical (unpaired) electrons. The lowest BCUT2D eigenvalue weighted by molar-refractivity contribution is -0.131. The van der Waals surface area contributed by atoms with Gasteiger partial charge < -0.3 is 20.7 Å². The van der Waals surface area contributed by atoms with E-state index in [4.69, 9.17) is 33.7 Å². The smallest absolute Gasteiger partial charge is 0.227 e. The van der Waals surface area contributed by atoms with Crippen LogP contribution in [-0.2, 0) is 4.74 Å². The molecule has 176 valence electrons. The average Bonchev–Trinajstić information content (AvgIpc) is 3.64. The Kier molecular flexibility index (Phi) is 6.35. The van der Waals surface area contributed by atoms with Crippen LogP contribution in [0.2, 0.25) is 5.02 Å². The first kappa shape index (κ1) is 22.7. The number of hydrogen-bond acceptors (Lipinski definition) is 8. The van der Waals surface area contributed by atoms with Gasteiger partial charge in [0, 0.05) is 50.5 Å². The number of rotatable bonds is 7. The molecule has 10 heteroatoms. The maximum Gasteiger partial charge on any atom is 0.227 e. The van der Waals surface area contributed by atoms with Gasteiger partial charge in [0.05, 0.1) is 40.7 Å². The van der Waals surface area contributed by atoms with E-state index < -0.39 is 0 Å². The molecule has 5 rings (SSSR count). The number of piperazine rings is 1. The summed E-state index contributed by atoms with van der Waals surface area (Å²) in [7, 11) is 0. The van der Waals surface area contributed by atoms with E-state index in [0.29, 0.717) is 27.8 Å². The highest BCUT2D eigenvalue weighted by Crippen LogP contribution is 2.33. The first-order chi connectivity index (χ1) is 15.9. The van der Waals surface area contributed by atoms with E-state index in [1.165, 1.54) is 19.0 Å². The van der Waals surface area contributed by atoms with Crippen molar-refractivity contribution in [1.82, 2.24) is 14.9 Å². The first-order valence-corrected chi connectivity index (χ1v) is 12.1. The molecule has 0 amide bonds. The number of aromatic nitrogens is 2. The van der Waals surface area contributed by atoms with Gasteiger partial charge in [-0.25, -0.2) is 9.97 Å². The normalized spacial score (nSPS) is 21.8. The third-order valence-corrected chi connectivity index (χ3v) is 7.30. The minimum Gasteiger partial charge on any atom is -0.403 e. The van der Waals surface area contributed by atoms with E-state index in [1.807, 2.05) is 12.1 Å². The number of hydrogen-bond donors (Lipinski definition) is 2. The van der Waals surface area contributed by atoms with Crippen LogP contribution < -0.4 is 16.0 Å². The molecule has 8 nitrogen and oxygen atoms in total. The van der Waals surface area contributed by atoms with Gasteiger partial charge >= 0.3 is 0 Å². The molecular formula is C23H29Cl2N7O. The Morgan fingerprint density at radius 1 is 1.30 bits per heavy atom. The molecule has 3 fully saturated rings. The second-order valence-corrected chi connectivity index (χ2v) is 10.1. The van der Waals surface area contributed by atoms with E-state index in [2.05, 4.69) is 37.0 Å². The molecule has 33 heavy (non-hydrogen) atoms. The fraction of sp³-hybridized carbons (Fsp3) is 0.522. The third-order valence-electron chi connectivity index (χ3n) is 6.68. The molecular weight excluding hydrogens is 461 g/mol. The Morgan fingerprint density at radius 3 is 2.70 bits per heavy atom. The van der Waals surface area contributed by atoms with Crippen molar-refractivity contribution in [3.8, 4) is 0 Å². The third kappa shape index (κ3) is 4.89. The van der Waals surface area contributed by atoms with Crippen molar-refractivity contribution >= 4 is 50.9 Å². The van der Waals surface area contributed by atoms with E-state index in [9.17, 15) is 0 Å². The highest BCUT2D eigenvalue weighted by molar-refractivity contribution is 6.69. The van der Waals surface area contributed by atoms with Gasteiger partial charge in [-0.3, -0.25) is 9.89 Å². The Balaban J connectivity index is 1.32. The molecule has 1 saturated carbocycles. The molecule has 0 spiro atoms. The number of halogens is 2. The van der Waals surface area contributed by atoms with E-state index in [-0.39, 0.29) is 5.54 Å². The van der Waals surface area contributed by atoms with Crippen LogP contribution in [0.5, 0.6) is 0 Å². The summed E-state index contributed by atoms with van der Waals surface area (Å²) in [5.74, 6) is 1.06. The van der Waals surface area contributed by atoms with Crippen LogP contribution in [0, 0.1) is 5.92 Å². The van der Waals surface area contributed by atoms with Crippen LogP contribution in [0.3, 0.4) is 0 Å². The van der Waals surface area contributed by atoms with Gasteiger partial charge in [0.15, 0.2) is 0 Å². The molecule has 3 N–H and O–H groups in total. The monoisotopic (exact) mass is 489 g/mol. The van der Waals surface area contributed by atoms with Gasteiger partial charge in [0.2, 0.25) is 5.95 Å². The molecule has 3 aliphatic rings. The largest absolute Gasteiger partial charge is 0.403 e. The molecule has 0 unspecified atom stereocenters. The van der Waals surface area contributed by atoms with Crippen LogP contribution in [-0.4, -0.2) is 71.5 Å². The maximum absolute atomic E-state index is 6.65. The first-order valence-electron chi connectivity index (χ1n) is 11.4. The summed E-state index contributed by atoms with van der Waals surface area (Å²) in [6, 6.07) is 3.95. The van der Waals surface area contributed by atoms with Crippen LogP contribution in [0.1, 0.15) is 19.8 Å². The average molecular weight is 490 g/mol. The Bertz CT molecular complexity index is 1090. The maximum atomic E-state index is 6.65. The Hall–Kier alpha value is -2.13. The van der Waals surface area contributed by atoms with Crippen molar-refractivity contribution in [2.45, 2.75) is 25.3 Å². The van der Waals surface area contributed by atoms with Crippen molar-refractivity contribution in [2.75, 3.05) is 56.2 Å². The van der Waals surface area contributed by atoms with E-state index >= 15 is 0 Å². The summed E-state index contributed by atoms with van der Waals surface area (Å²) >= 11 is 13.0. The standard InChI is InChI=1S/C23H29Cl2N7O/c1-23(13-33-14-23)32-6-4-31(5-7-32)20-9-18-16(8-17(20)24)12-28-22(29-18)30-19(10-26)21(25)27-11-15-2-3-15/h8-10,12,15H,2-7,11,13-14,26H2,1H3,(H,28,29,30). The zero-order valence-corrected chi connectivity index (χ0v) is 20.2. The summed E-state index contributed by atoms with van der Waals surface area (Å²) in [6.07, 6.45) is 5.57. The minimum absolute atomic E-state index is 0.171. The highest BCUT2D eigenvalue weighted by atomic mass is 35.5. The quantitative estimate of drug-likeness (QED) is 0.575. The van der Waals surface area contributed by atoms with Crippen molar-refractivity contribution in [1.29, 1.82) is 0 Å². The predicted molar refractivity (Wildman–Crippen MR) is 134 cm³/mol. The molecule has 3 heterocycles. The van der Waals surface area contributed by atoms with Crippen molar-refractivity contribution in [2.24, 2.45) is 16.6 Å². The topological polar surface area (TPSA) is 91.9 Å². The number of fused-ring (bicyclic) bond motifs is 1. The zero-order chi connectivity index (χ0) is 23.0. The number of allylic oxidation sites excluding steroid dienone is 1. The summed E-state index contributed by atoms with van der Waals surface area (Å²) in [4.78, 5) is 18.3. The van der Waals surface area contributed by atoms with Crippen LogP contribution in [0.25, 0.3) is 10.9 Å². The van der Waals surface area contributed by atoms with Crippen LogP contribution >= 0.6 is 23.2 Å². The molecule has 2 saturated heterocycles. The molecule has 1 aromatic heterocycles. The molecule has 0 bridgehead atoms. The Labute approximate surface area is 203 Å². The number of anilines is 2. The molecule has 1 aliphatic carbocycles. The summed E-state index contributed by atoms with van der Waals surface area (Å²) < 4.78 is 5.43. The zero-order valence-electron chi connectivity index (χ0n) is 18.7. The summed E-state index contributed by atoms with van der Waals surface area (Å²) in [5.41, 5.74) is 8.23. The van der Waals surface area contributed by atoms with Gasteiger partial charge in [-0.05, 0) is 37.8 Å². The predicted octanol–water partition coefficient (Wildman–Crippen LogP) is 3.45. The Morgan fingerprint density at radius 2 is 2.06 bits per heavy atom. The molecule has 2 aliphatic heterocycles. The number of nitrogens with two attached hydrogens (primary N) is 1. The lowest BCUT2D eigenvalue weighted by atomic mass is 9.97. The number of nitrogens with zero attached hydrogens (tertiary/aromatic N) is 5. The van der Waals surface area contributed by atoms with Gasteiger partial charge in [0.25, 0.3) is 0 Å². The van der Waals surface area contributed by atoms with Gasteiger partial charge in [-0.2, -0.15) is 0 Å².